The number of amides is 1. The van der Waals surface area contributed by atoms with E-state index in [1.54, 1.807) is 0 Å². The summed E-state index contributed by atoms with van der Waals surface area (Å²) in [6.07, 6.45) is 8.35. The number of carbonyl (C=O) groups is 1. The third kappa shape index (κ3) is 2.54. The lowest BCUT2D eigenvalue weighted by molar-refractivity contribution is -0.145. The maximum atomic E-state index is 12.7. The van der Waals surface area contributed by atoms with Crippen LogP contribution in [0.25, 0.3) is 0 Å². The van der Waals surface area contributed by atoms with E-state index in [1.165, 1.54) is 18.4 Å². The molecule has 1 aromatic heterocycles. The highest BCUT2D eigenvalue weighted by Crippen LogP contribution is 2.39. The Morgan fingerprint density at radius 2 is 2.00 bits per heavy atom. The molecule has 1 saturated carbocycles. The summed E-state index contributed by atoms with van der Waals surface area (Å²) in [4.78, 5) is 21.7. The number of rotatable bonds is 3. The Balaban J connectivity index is 1.40. The summed E-state index contributed by atoms with van der Waals surface area (Å²) >= 11 is 0. The molecule has 3 fully saturated rings. The summed E-state index contributed by atoms with van der Waals surface area (Å²) in [7, 11) is 0. The van der Waals surface area contributed by atoms with Crippen molar-refractivity contribution in [2.75, 3.05) is 13.1 Å². The van der Waals surface area contributed by atoms with Crippen LogP contribution in [0.4, 0.5) is 0 Å². The second-order valence-corrected chi connectivity index (χ2v) is 7.46. The lowest BCUT2D eigenvalue weighted by Gasteiger charge is -2.44. The number of piperazine rings is 1. The highest BCUT2D eigenvalue weighted by molar-refractivity contribution is 5.81. The van der Waals surface area contributed by atoms with Gasteiger partial charge in [0, 0.05) is 50.0 Å². The Morgan fingerprint density at radius 3 is 2.59 bits per heavy atom. The summed E-state index contributed by atoms with van der Waals surface area (Å²) in [6, 6.07) is 5.03. The van der Waals surface area contributed by atoms with Crippen molar-refractivity contribution in [3.8, 4) is 0 Å². The molecule has 2 atom stereocenters. The molecule has 0 radical (unpaired) electrons. The highest BCUT2D eigenvalue weighted by atomic mass is 16.2. The third-order valence-electron chi connectivity index (χ3n) is 5.66. The Morgan fingerprint density at radius 1 is 1.27 bits per heavy atom. The van der Waals surface area contributed by atoms with Crippen LogP contribution in [0.1, 0.15) is 38.2 Å². The first-order valence-electron chi connectivity index (χ1n) is 8.64. The van der Waals surface area contributed by atoms with Gasteiger partial charge in [0.05, 0.1) is 0 Å². The zero-order valence-corrected chi connectivity index (χ0v) is 13.3. The molecule has 4 heteroatoms. The summed E-state index contributed by atoms with van der Waals surface area (Å²) in [5.74, 6) is 1.52. The SMILES string of the molecule is CC1CC(C(=O)N2C3CCC2CN(Cc2cccnc2)C3)C1. The fraction of sp³-hybridized carbons (Fsp3) is 0.667. The number of aromatic nitrogens is 1. The highest BCUT2D eigenvalue weighted by Gasteiger charge is 2.46. The van der Waals surface area contributed by atoms with Gasteiger partial charge in [0.1, 0.15) is 0 Å². The number of pyridine rings is 1. The molecule has 1 aliphatic carbocycles. The van der Waals surface area contributed by atoms with Crippen LogP contribution in [0.5, 0.6) is 0 Å². The fourth-order valence-electron chi connectivity index (χ4n) is 4.54. The molecular formula is C18H25N3O. The largest absolute Gasteiger partial charge is 0.334 e. The maximum Gasteiger partial charge on any atom is 0.226 e. The number of hydrogen-bond donors (Lipinski definition) is 0. The van der Waals surface area contributed by atoms with Crippen molar-refractivity contribution in [1.82, 2.24) is 14.8 Å². The molecule has 2 unspecified atom stereocenters. The minimum atomic E-state index is 0.322. The van der Waals surface area contributed by atoms with Gasteiger partial charge < -0.3 is 4.90 Å². The molecule has 1 aromatic rings. The van der Waals surface area contributed by atoms with Gasteiger partial charge in [0.15, 0.2) is 0 Å². The van der Waals surface area contributed by atoms with Crippen molar-refractivity contribution < 1.29 is 4.79 Å². The number of carbonyl (C=O) groups excluding carboxylic acids is 1. The number of likely N-dealkylation sites (tertiary alicyclic amines) is 1. The lowest BCUT2D eigenvalue weighted by Crippen LogP contribution is -2.57. The first-order chi connectivity index (χ1) is 10.7. The monoisotopic (exact) mass is 299 g/mol. The van der Waals surface area contributed by atoms with E-state index >= 15 is 0 Å². The molecule has 3 heterocycles. The standard InChI is InChI=1S/C18H25N3O/c1-13-7-15(8-13)18(22)21-16-4-5-17(21)12-20(11-16)10-14-3-2-6-19-9-14/h2-3,6,9,13,15-17H,4-5,7-8,10-12H2,1H3. The number of hydrogen-bond acceptors (Lipinski definition) is 3. The van der Waals surface area contributed by atoms with Crippen molar-refractivity contribution in [1.29, 1.82) is 0 Å². The van der Waals surface area contributed by atoms with Gasteiger partial charge in [-0.2, -0.15) is 0 Å². The summed E-state index contributed by atoms with van der Waals surface area (Å²) in [6.45, 7) is 5.27. The molecular weight excluding hydrogens is 274 g/mol. The summed E-state index contributed by atoms with van der Waals surface area (Å²) in [5.41, 5.74) is 1.27. The summed E-state index contributed by atoms with van der Waals surface area (Å²) < 4.78 is 0. The quantitative estimate of drug-likeness (QED) is 0.859. The van der Waals surface area contributed by atoms with E-state index in [-0.39, 0.29) is 0 Å². The molecule has 4 nitrogen and oxygen atoms in total. The van der Waals surface area contributed by atoms with Crippen LogP contribution in [0, 0.1) is 11.8 Å². The van der Waals surface area contributed by atoms with Gasteiger partial charge >= 0.3 is 0 Å². The second kappa shape index (κ2) is 5.65. The maximum absolute atomic E-state index is 12.7. The van der Waals surface area contributed by atoms with Gasteiger partial charge in [-0.1, -0.05) is 13.0 Å². The smallest absolute Gasteiger partial charge is 0.226 e. The molecule has 118 valence electrons. The van der Waals surface area contributed by atoms with E-state index in [0.29, 0.717) is 23.9 Å². The molecule has 2 aliphatic heterocycles. The van der Waals surface area contributed by atoms with E-state index < -0.39 is 0 Å². The van der Waals surface area contributed by atoms with Crippen LogP contribution in [0.15, 0.2) is 24.5 Å². The van der Waals surface area contributed by atoms with Gasteiger partial charge in [-0.05, 0) is 43.2 Å². The number of nitrogens with zero attached hydrogens (tertiary/aromatic N) is 3. The first-order valence-corrected chi connectivity index (χ1v) is 8.64. The average molecular weight is 299 g/mol. The molecule has 4 rings (SSSR count). The van der Waals surface area contributed by atoms with Crippen molar-refractivity contribution in [3.63, 3.8) is 0 Å². The van der Waals surface area contributed by atoms with Crippen LogP contribution in [-0.4, -0.2) is 45.9 Å². The minimum Gasteiger partial charge on any atom is -0.334 e. The van der Waals surface area contributed by atoms with Gasteiger partial charge in [-0.25, -0.2) is 0 Å². The van der Waals surface area contributed by atoms with E-state index in [4.69, 9.17) is 0 Å². The molecule has 22 heavy (non-hydrogen) atoms. The molecule has 3 aliphatic rings. The normalized spacial score (nSPS) is 34.5. The molecule has 0 spiro atoms. The van der Waals surface area contributed by atoms with Gasteiger partial charge in [-0.3, -0.25) is 14.7 Å². The Bertz CT molecular complexity index is 527. The average Bonchev–Trinajstić information content (AvgIpc) is 2.76. The van der Waals surface area contributed by atoms with Crippen LogP contribution in [-0.2, 0) is 11.3 Å². The minimum absolute atomic E-state index is 0.322. The third-order valence-corrected chi connectivity index (χ3v) is 5.66. The lowest BCUT2D eigenvalue weighted by atomic mass is 9.75. The predicted molar refractivity (Wildman–Crippen MR) is 85.1 cm³/mol. The predicted octanol–water partition coefficient (Wildman–Crippen LogP) is 2.30. The Labute approximate surface area is 132 Å². The van der Waals surface area contributed by atoms with Crippen LogP contribution >= 0.6 is 0 Å². The molecule has 2 saturated heterocycles. The van der Waals surface area contributed by atoms with Crippen LogP contribution in [0.2, 0.25) is 0 Å². The zero-order chi connectivity index (χ0) is 15.1. The van der Waals surface area contributed by atoms with E-state index in [9.17, 15) is 4.79 Å². The Kier molecular flexibility index (Phi) is 3.65. The molecule has 2 bridgehead atoms. The van der Waals surface area contributed by atoms with E-state index in [2.05, 4.69) is 27.8 Å². The van der Waals surface area contributed by atoms with E-state index in [1.807, 2.05) is 18.5 Å². The van der Waals surface area contributed by atoms with Crippen LogP contribution in [0.3, 0.4) is 0 Å². The van der Waals surface area contributed by atoms with Gasteiger partial charge in [0.2, 0.25) is 5.91 Å². The molecule has 1 amide bonds. The van der Waals surface area contributed by atoms with Crippen molar-refractivity contribution >= 4 is 5.91 Å². The van der Waals surface area contributed by atoms with Crippen molar-refractivity contribution in [3.05, 3.63) is 30.1 Å². The van der Waals surface area contributed by atoms with Crippen molar-refractivity contribution in [2.24, 2.45) is 11.8 Å². The van der Waals surface area contributed by atoms with Crippen molar-refractivity contribution in [2.45, 2.75) is 51.2 Å². The molecule has 0 aromatic carbocycles. The zero-order valence-electron chi connectivity index (χ0n) is 13.3. The molecule has 0 N–H and O–H groups in total. The Hall–Kier alpha value is -1.42. The second-order valence-electron chi connectivity index (χ2n) is 7.46. The summed E-state index contributed by atoms with van der Waals surface area (Å²) in [5, 5.41) is 0. The topological polar surface area (TPSA) is 36.4 Å². The number of fused-ring (bicyclic) bond motifs is 2. The fourth-order valence-corrected chi connectivity index (χ4v) is 4.54. The van der Waals surface area contributed by atoms with Gasteiger partial charge in [-0.15, -0.1) is 0 Å². The van der Waals surface area contributed by atoms with E-state index in [0.717, 1.165) is 38.4 Å². The first kappa shape index (κ1) is 14.2. The van der Waals surface area contributed by atoms with Gasteiger partial charge in [0.25, 0.3) is 0 Å². The van der Waals surface area contributed by atoms with Crippen LogP contribution < -0.4 is 0 Å².